The van der Waals surface area contributed by atoms with Gasteiger partial charge in [-0.05, 0) is 43.0 Å². The molecule has 2 aliphatic rings. The Balaban J connectivity index is 1.47. The Hall–Kier alpha value is -3.17. The third kappa shape index (κ3) is 4.65. The summed E-state index contributed by atoms with van der Waals surface area (Å²) >= 11 is 0. The van der Waals surface area contributed by atoms with Gasteiger partial charge in [0.05, 0.1) is 17.1 Å². The summed E-state index contributed by atoms with van der Waals surface area (Å²) in [7, 11) is -2.55. The molecule has 174 valence electrons. The number of benzene rings is 2. The number of nitrogens with zero attached hydrogens (tertiary/aromatic N) is 2. The Morgan fingerprint density at radius 1 is 1.24 bits per heavy atom. The first-order chi connectivity index (χ1) is 15.7. The van der Waals surface area contributed by atoms with E-state index in [1.54, 1.807) is 24.8 Å². The highest BCUT2D eigenvalue weighted by Gasteiger charge is 2.31. The molecule has 33 heavy (non-hydrogen) atoms. The number of anilines is 1. The minimum atomic E-state index is -3.94. The normalized spacial score (nSPS) is 18.3. The summed E-state index contributed by atoms with van der Waals surface area (Å²) in [6.45, 7) is 3.96. The molecule has 8 nitrogen and oxygen atoms in total. The Kier molecular flexibility index (Phi) is 6.27. The van der Waals surface area contributed by atoms with Gasteiger partial charge in [-0.25, -0.2) is 8.42 Å². The lowest BCUT2D eigenvalue weighted by molar-refractivity contribution is -0.130. The Morgan fingerprint density at radius 2 is 1.97 bits per heavy atom. The van der Waals surface area contributed by atoms with E-state index in [4.69, 9.17) is 4.74 Å². The SMILES string of the molecule is Cc1cc2c(cc1S(=O)(=O)N(C)CC(=O)N1CC=C(c3ccccc3)CC1)O[C@H](C)C(=O)N2. The first kappa shape index (κ1) is 23.0. The second kappa shape index (κ2) is 8.99. The first-order valence-electron chi connectivity index (χ1n) is 10.8. The van der Waals surface area contributed by atoms with Crippen molar-refractivity contribution in [3.8, 4) is 5.75 Å². The third-order valence-corrected chi connectivity index (χ3v) is 7.91. The highest BCUT2D eigenvalue weighted by Crippen LogP contribution is 2.35. The topological polar surface area (TPSA) is 96.0 Å². The number of nitrogens with one attached hydrogen (secondary N) is 1. The zero-order valence-corrected chi connectivity index (χ0v) is 19.7. The van der Waals surface area contributed by atoms with Crippen LogP contribution in [0, 0.1) is 6.92 Å². The summed E-state index contributed by atoms with van der Waals surface area (Å²) < 4.78 is 33.1. The molecule has 0 fully saturated rings. The minimum absolute atomic E-state index is 0.0461. The number of rotatable bonds is 5. The molecule has 1 N–H and O–H groups in total. The predicted molar refractivity (Wildman–Crippen MR) is 125 cm³/mol. The molecule has 2 aromatic rings. The molecule has 1 atom stereocenters. The fourth-order valence-corrected chi connectivity index (χ4v) is 5.31. The van der Waals surface area contributed by atoms with Crippen LogP contribution in [-0.4, -0.2) is 62.2 Å². The number of ether oxygens (including phenoxy) is 1. The average molecular weight is 470 g/mol. The fourth-order valence-electron chi connectivity index (χ4n) is 3.97. The molecule has 2 aliphatic heterocycles. The van der Waals surface area contributed by atoms with Crippen molar-refractivity contribution < 1.29 is 22.7 Å². The second-order valence-electron chi connectivity index (χ2n) is 8.31. The lowest BCUT2D eigenvalue weighted by atomic mass is 9.99. The second-order valence-corrected chi connectivity index (χ2v) is 10.3. The number of carbonyl (C=O) groups is 2. The molecule has 2 amide bonds. The molecular formula is C24H27N3O5S. The van der Waals surface area contributed by atoms with Gasteiger partial charge >= 0.3 is 0 Å². The molecule has 2 aromatic carbocycles. The number of amides is 2. The largest absolute Gasteiger partial charge is 0.479 e. The molecule has 4 rings (SSSR count). The van der Waals surface area contributed by atoms with Crippen LogP contribution in [0.4, 0.5) is 5.69 Å². The number of fused-ring (bicyclic) bond motifs is 1. The third-order valence-electron chi connectivity index (χ3n) is 5.96. The van der Waals surface area contributed by atoms with E-state index in [-0.39, 0.29) is 23.3 Å². The van der Waals surface area contributed by atoms with Gasteiger partial charge in [0.2, 0.25) is 15.9 Å². The molecule has 0 unspecified atom stereocenters. The van der Waals surface area contributed by atoms with Crippen molar-refractivity contribution in [2.24, 2.45) is 0 Å². The van der Waals surface area contributed by atoms with E-state index in [1.165, 1.54) is 18.7 Å². The van der Waals surface area contributed by atoms with Crippen LogP contribution in [0.3, 0.4) is 0 Å². The van der Waals surface area contributed by atoms with Crippen LogP contribution in [0.2, 0.25) is 0 Å². The number of hydrogen-bond donors (Lipinski definition) is 1. The maximum Gasteiger partial charge on any atom is 0.265 e. The summed E-state index contributed by atoms with van der Waals surface area (Å²) in [5.74, 6) is -0.246. The van der Waals surface area contributed by atoms with Crippen LogP contribution in [0.5, 0.6) is 5.75 Å². The molecule has 9 heteroatoms. The predicted octanol–water partition coefficient (Wildman–Crippen LogP) is 2.65. The van der Waals surface area contributed by atoms with E-state index in [0.717, 1.165) is 16.3 Å². The van der Waals surface area contributed by atoms with Crippen molar-refractivity contribution in [3.63, 3.8) is 0 Å². The van der Waals surface area contributed by atoms with Gasteiger partial charge in [0.1, 0.15) is 5.75 Å². The molecular weight excluding hydrogens is 442 g/mol. The highest BCUT2D eigenvalue weighted by atomic mass is 32.2. The van der Waals surface area contributed by atoms with Crippen LogP contribution in [-0.2, 0) is 19.6 Å². The first-order valence-corrected chi connectivity index (χ1v) is 12.2. The quantitative estimate of drug-likeness (QED) is 0.726. The molecule has 0 saturated heterocycles. The fraction of sp³-hybridized carbons (Fsp3) is 0.333. The lowest BCUT2D eigenvalue weighted by Gasteiger charge is -2.29. The summed E-state index contributed by atoms with van der Waals surface area (Å²) in [5.41, 5.74) is 3.22. The number of likely N-dealkylation sites (N-methyl/N-ethyl adjacent to an activating group) is 1. The lowest BCUT2D eigenvalue weighted by Crippen LogP contribution is -2.43. The van der Waals surface area contributed by atoms with Crippen LogP contribution in [0.15, 0.2) is 53.4 Å². The molecule has 0 spiro atoms. The van der Waals surface area contributed by atoms with E-state index in [9.17, 15) is 18.0 Å². The molecule has 0 saturated carbocycles. The molecule has 0 aliphatic carbocycles. The van der Waals surface area contributed by atoms with Gasteiger partial charge in [0, 0.05) is 26.2 Å². The standard InChI is InChI=1S/C24H27N3O5S/c1-16-13-20-21(32-17(2)24(29)25-20)14-22(16)33(30,31)26(3)15-23(28)27-11-9-19(10-12-27)18-7-5-4-6-8-18/h4-9,13-14,17H,10-12,15H2,1-3H3,(H,25,29)/t17-/m1/s1. The monoisotopic (exact) mass is 469 g/mol. The summed E-state index contributed by atoms with van der Waals surface area (Å²) in [5, 5.41) is 2.71. The minimum Gasteiger partial charge on any atom is -0.479 e. The summed E-state index contributed by atoms with van der Waals surface area (Å²) in [6, 6.07) is 13.0. The number of carbonyl (C=O) groups excluding carboxylic acids is 2. The van der Waals surface area contributed by atoms with E-state index < -0.39 is 16.1 Å². The zero-order valence-electron chi connectivity index (χ0n) is 18.9. The van der Waals surface area contributed by atoms with Gasteiger partial charge in [0.25, 0.3) is 5.91 Å². The van der Waals surface area contributed by atoms with Crippen LogP contribution >= 0.6 is 0 Å². The van der Waals surface area contributed by atoms with Crippen molar-refractivity contribution in [1.29, 1.82) is 0 Å². The Bertz CT molecular complexity index is 1220. The van der Waals surface area contributed by atoms with Gasteiger partial charge in [-0.15, -0.1) is 0 Å². The average Bonchev–Trinajstić information content (AvgIpc) is 2.80. The Labute approximate surface area is 193 Å². The van der Waals surface area contributed by atoms with Gasteiger partial charge in [-0.3, -0.25) is 9.59 Å². The maximum atomic E-state index is 13.2. The Morgan fingerprint density at radius 3 is 2.64 bits per heavy atom. The van der Waals surface area contributed by atoms with E-state index in [2.05, 4.69) is 5.32 Å². The van der Waals surface area contributed by atoms with Gasteiger partial charge in [-0.1, -0.05) is 36.4 Å². The molecule has 2 heterocycles. The number of hydrogen-bond acceptors (Lipinski definition) is 5. The van der Waals surface area contributed by atoms with Crippen molar-refractivity contribution in [3.05, 3.63) is 59.7 Å². The molecule has 0 bridgehead atoms. The molecule has 0 aromatic heterocycles. The van der Waals surface area contributed by atoms with E-state index in [1.807, 2.05) is 36.4 Å². The van der Waals surface area contributed by atoms with E-state index >= 15 is 0 Å². The van der Waals surface area contributed by atoms with Gasteiger partial charge in [0.15, 0.2) is 6.10 Å². The summed E-state index contributed by atoms with van der Waals surface area (Å²) in [6.07, 6.45) is 2.02. The zero-order chi connectivity index (χ0) is 23.8. The van der Waals surface area contributed by atoms with Crippen LogP contribution in [0.25, 0.3) is 5.57 Å². The van der Waals surface area contributed by atoms with E-state index in [0.29, 0.717) is 30.1 Å². The number of sulfonamides is 1. The van der Waals surface area contributed by atoms with Crippen molar-refractivity contribution in [2.45, 2.75) is 31.3 Å². The van der Waals surface area contributed by atoms with Crippen LogP contribution in [0.1, 0.15) is 24.5 Å². The van der Waals surface area contributed by atoms with Gasteiger partial charge in [-0.2, -0.15) is 4.31 Å². The highest BCUT2D eigenvalue weighted by molar-refractivity contribution is 7.89. The maximum absolute atomic E-state index is 13.2. The van der Waals surface area contributed by atoms with Crippen molar-refractivity contribution in [2.75, 3.05) is 32.0 Å². The van der Waals surface area contributed by atoms with Crippen LogP contribution < -0.4 is 10.1 Å². The number of aryl methyl sites for hydroxylation is 1. The smallest absolute Gasteiger partial charge is 0.265 e. The van der Waals surface area contributed by atoms with Gasteiger partial charge < -0.3 is 15.0 Å². The van der Waals surface area contributed by atoms with Crippen molar-refractivity contribution in [1.82, 2.24) is 9.21 Å². The van der Waals surface area contributed by atoms with Crippen molar-refractivity contribution >= 4 is 33.1 Å². The molecule has 0 radical (unpaired) electrons. The summed E-state index contributed by atoms with van der Waals surface area (Å²) in [4.78, 5) is 26.4.